The van der Waals surface area contributed by atoms with E-state index in [-0.39, 0.29) is 20.6 Å². The molecule has 0 aliphatic carbocycles. The average molecular weight is 485 g/mol. The number of nitrogens with zero attached hydrogens (tertiary/aromatic N) is 3. The summed E-state index contributed by atoms with van der Waals surface area (Å²) in [5.41, 5.74) is 0.724. The fourth-order valence-electron chi connectivity index (χ4n) is 2.73. The number of aromatic nitrogens is 2. The molecule has 0 saturated heterocycles. The third kappa shape index (κ3) is 4.65. The zero-order valence-corrected chi connectivity index (χ0v) is 19.2. The molecule has 0 radical (unpaired) electrons. The molecule has 0 atom stereocenters. The zero-order chi connectivity index (χ0) is 21.9. The highest BCUT2D eigenvalue weighted by molar-refractivity contribution is 7.89. The predicted molar refractivity (Wildman–Crippen MR) is 120 cm³/mol. The summed E-state index contributed by atoms with van der Waals surface area (Å²) in [5.74, 6) is -0.585. The molecule has 0 fully saturated rings. The lowest BCUT2D eigenvalue weighted by Crippen LogP contribution is -2.30. The molecule has 11 heteroatoms. The molecule has 1 amide bonds. The van der Waals surface area contributed by atoms with Crippen LogP contribution in [-0.2, 0) is 10.0 Å². The lowest BCUT2D eigenvalue weighted by molar-refractivity contribution is 0.102. The summed E-state index contributed by atoms with van der Waals surface area (Å²) in [5, 5.41) is 12.1. The van der Waals surface area contributed by atoms with Crippen LogP contribution in [0.15, 0.2) is 47.4 Å². The number of anilines is 1. The van der Waals surface area contributed by atoms with Crippen molar-refractivity contribution in [3.05, 3.63) is 58.1 Å². The lowest BCUT2D eigenvalue weighted by atomic mass is 10.2. The van der Waals surface area contributed by atoms with Gasteiger partial charge in [-0.3, -0.25) is 10.1 Å². The zero-order valence-electron chi connectivity index (χ0n) is 16.1. The molecule has 0 spiro atoms. The molecule has 0 aliphatic heterocycles. The fourth-order valence-corrected chi connectivity index (χ4v) is 5.48. The van der Waals surface area contributed by atoms with Crippen molar-refractivity contribution in [3.8, 4) is 10.6 Å². The van der Waals surface area contributed by atoms with Gasteiger partial charge in [0.05, 0.1) is 20.5 Å². The number of hydrogen-bond donors (Lipinski definition) is 1. The van der Waals surface area contributed by atoms with Gasteiger partial charge in [0.2, 0.25) is 15.2 Å². The SMILES string of the molecule is CCN(CC)S(=O)(=O)c1ccc(Cl)c(C(=O)Nc2nnc(-c3ccccc3Cl)s2)c1. The van der Waals surface area contributed by atoms with Crippen molar-refractivity contribution in [2.45, 2.75) is 18.7 Å². The Morgan fingerprint density at radius 2 is 1.77 bits per heavy atom. The smallest absolute Gasteiger partial charge is 0.259 e. The van der Waals surface area contributed by atoms with Gasteiger partial charge in [-0.2, -0.15) is 4.31 Å². The minimum atomic E-state index is -3.73. The minimum absolute atomic E-state index is 0.00484. The molecule has 3 rings (SSSR count). The maximum atomic E-state index is 12.7. The summed E-state index contributed by atoms with van der Waals surface area (Å²) < 4.78 is 26.8. The largest absolute Gasteiger partial charge is 0.296 e. The minimum Gasteiger partial charge on any atom is -0.296 e. The molecule has 1 N–H and O–H groups in total. The highest BCUT2D eigenvalue weighted by Gasteiger charge is 2.24. The third-order valence-corrected chi connectivity index (χ3v) is 7.85. The topological polar surface area (TPSA) is 92.3 Å². The highest BCUT2D eigenvalue weighted by atomic mass is 35.5. The monoisotopic (exact) mass is 484 g/mol. The van der Waals surface area contributed by atoms with Gasteiger partial charge in [-0.25, -0.2) is 8.42 Å². The number of amides is 1. The van der Waals surface area contributed by atoms with Gasteiger partial charge in [-0.15, -0.1) is 10.2 Å². The van der Waals surface area contributed by atoms with Crippen molar-refractivity contribution < 1.29 is 13.2 Å². The van der Waals surface area contributed by atoms with Crippen LogP contribution in [0.1, 0.15) is 24.2 Å². The van der Waals surface area contributed by atoms with E-state index >= 15 is 0 Å². The summed E-state index contributed by atoms with van der Waals surface area (Å²) >= 11 is 13.5. The second kappa shape index (κ2) is 9.40. The molecule has 30 heavy (non-hydrogen) atoms. The molecule has 0 aliphatic rings. The van der Waals surface area contributed by atoms with E-state index in [0.29, 0.717) is 28.7 Å². The van der Waals surface area contributed by atoms with E-state index in [0.717, 1.165) is 11.3 Å². The highest BCUT2D eigenvalue weighted by Crippen LogP contribution is 2.32. The molecular formula is C19H18Cl2N4O3S2. The van der Waals surface area contributed by atoms with Crippen LogP contribution in [0.2, 0.25) is 10.0 Å². The van der Waals surface area contributed by atoms with Crippen molar-refractivity contribution in [1.82, 2.24) is 14.5 Å². The number of benzene rings is 2. The van der Waals surface area contributed by atoms with Crippen molar-refractivity contribution in [3.63, 3.8) is 0 Å². The van der Waals surface area contributed by atoms with Gasteiger partial charge >= 0.3 is 0 Å². The first-order chi connectivity index (χ1) is 14.3. The standard InChI is InChI=1S/C19H18Cl2N4O3S2/c1-3-25(4-2)30(27,28)12-9-10-16(21)14(11-12)17(26)22-19-24-23-18(29-19)13-7-5-6-8-15(13)20/h5-11H,3-4H2,1-2H3,(H,22,24,26). The number of sulfonamides is 1. The Morgan fingerprint density at radius 1 is 1.07 bits per heavy atom. The number of carbonyl (C=O) groups is 1. The predicted octanol–water partition coefficient (Wildman–Crippen LogP) is 4.79. The van der Waals surface area contributed by atoms with Crippen LogP contribution in [0.3, 0.4) is 0 Å². The van der Waals surface area contributed by atoms with Gasteiger partial charge in [0, 0.05) is 18.7 Å². The molecule has 1 heterocycles. The Labute approximate surface area is 188 Å². The fraction of sp³-hybridized carbons (Fsp3) is 0.211. The molecular weight excluding hydrogens is 467 g/mol. The Kier molecular flexibility index (Phi) is 7.10. The summed E-state index contributed by atoms with van der Waals surface area (Å²) in [6.45, 7) is 4.13. The van der Waals surface area contributed by atoms with E-state index in [1.54, 1.807) is 32.0 Å². The molecule has 158 valence electrons. The van der Waals surface area contributed by atoms with E-state index < -0.39 is 15.9 Å². The van der Waals surface area contributed by atoms with Gasteiger partial charge < -0.3 is 0 Å². The van der Waals surface area contributed by atoms with Crippen LogP contribution in [0.25, 0.3) is 10.6 Å². The lowest BCUT2D eigenvalue weighted by Gasteiger charge is -2.19. The normalized spacial score (nSPS) is 11.6. The Morgan fingerprint density at radius 3 is 2.43 bits per heavy atom. The van der Waals surface area contributed by atoms with E-state index in [9.17, 15) is 13.2 Å². The number of rotatable bonds is 7. The van der Waals surface area contributed by atoms with Gasteiger partial charge in [-0.1, -0.05) is 66.6 Å². The number of carbonyl (C=O) groups excluding carboxylic acids is 1. The van der Waals surface area contributed by atoms with Crippen molar-refractivity contribution in [1.29, 1.82) is 0 Å². The van der Waals surface area contributed by atoms with Crippen molar-refractivity contribution in [2.24, 2.45) is 0 Å². The first-order valence-corrected chi connectivity index (χ1v) is 12.0. The first kappa shape index (κ1) is 22.6. The molecule has 0 saturated carbocycles. The Bertz CT molecular complexity index is 1180. The van der Waals surface area contributed by atoms with Gasteiger partial charge in [-0.05, 0) is 24.3 Å². The second-order valence-corrected chi connectivity index (χ2v) is 9.81. The van der Waals surface area contributed by atoms with Gasteiger partial charge in [0.25, 0.3) is 5.91 Å². The van der Waals surface area contributed by atoms with Crippen LogP contribution in [0.4, 0.5) is 5.13 Å². The maximum absolute atomic E-state index is 12.7. The van der Waals surface area contributed by atoms with Gasteiger partial charge in [0.15, 0.2) is 5.01 Å². The molecule has 2 aromatic carbocycles. The quantitative estimate of drug-likeness (QED) is 0.519. The molecule has 0 bridgehead atoms. The third-order valence-electron chi connectivity index (χ3n) is 4.28. The molecule has 3 aromatic rings. The molecule has 1 aromatic heterocycles. The van der Waals surface area contributed by atoms with Crippen molar-refractivity contribution in [2.75, 3.05) is 18.4 Å². The maximum Gasteiger partial charge on any atom is 0.259 e. The van der Waals surface area contributed by atoms with Crippen LogP contribution in [0, 0.1) is 0 Å². The Hall–Kier alpha value is -2.04. The number of halogens is 2. The van der Waals surface area contributed by atoms with E-state index in [2.05, 4.69) is 15.5 Å². The van der Waals surface area contributed by atoms with Crippen LogP contribution >= 0.6 is 34.5 Å². The van der Waals surface area contributed by atoms with Crippen LogP contribution < -0.4 is 5.32 Å². The van der Waals surface area contributed by atoms with E-state index in [1.165, 1.54) is 22.5 Å². The van der Waals surface area contributed by atoms with E-state index in [1.807, 2.05) is 6.07 Å². The molecule has 7 nitrogen and oxygen atoms in total. The Balaban J connectivity index is 1.87. The van der Waals surface area contributed by atoms with Crippen LogP contribution in [0.5, 0.6) is 0 Å². The van der Waals surface area contributed by atoms with E-state index in [4.69, 9.17) is 23.2 Å². The first-order valence-electron chi connectivity index (χ1n) is 8.97. The van der Waals surface area contributed by atoms with Gasteiger partial charge in [0.1, 0.15) is 0 Å². The van der Waals surface area contributed by atoms with Crippen LogP contribution in [-0.4, -0.2) is 41.9 Å². The second-order valence-electron chi connectivity index (χ2n) is 6.08. The van der Waals surface area contributed by atoms with Crippen molar-refractivity contribution >= 4 is 55.6 Å². The average Bonchev–Trinajstić information content (AvgIpc) is 3.17. The number of nitrogens with one attached hydrogen (secondary N) is 1. The molecule has 0 unspecified atom stereocenters. The summed E-state index contributed by atoms with van der Waals surface area (Å²) in [6.07, 6.45) is 0. The summed E-state index contributed by atoms with van der Waals surface area (Å²) in [4.78, 5) is 12.7. The summed E-state index contributed by atoms with van der Waals surface area (Å²) in [6, 6.07) is 11.2. The summed E-state index contributed by atoms with van der Waals surface area (Å²) in [7, 11) is -3.73. The number of hydrogen-bond acceptors (Lipinski definition) is 6.